The molecule has 0 saturated heterocycles. The van der Waals surface area contributed by atoms with Crippen molar-refractivity contribution in [3.05, 3.63) is 58.4 Å². The molecule has 0 fully saturated rings. The van der Waals surface area contributed by atoms with Crippen LogP contribution in [0.1, 0.15) is 10.4 Å². The van der Waals surface area contributed by atoms with Gasteiger partial charge in [0.25, 0.3) is 5.91 Å². The Kier molecular flexibility index (Phi) is 4.84. The van der Waals surface area contributed by atoms with Gasteiger partial charge in [0.1, 0.15) is 0 Å². The Morgan fingerprint density at radius 3 is 2.27 bits per heavy atom. The standard InChI is InChI=1S/C13H7ClF3NO3S/c14-8-2-1-6(3-11(8)22(20)21)13(19)18-7-4-9(15)12(17)10(16)5-7/h1-5H,(H,18,19)(H,20,21). The lowest BCUT2D eigenvalue weighted by Crippen LogP contribution is -2.13. The third-order valence-electron chi connectivity index (χ3n) is 2.62. The second kappa shape index (κ2) is 6.47. The number of amides is 1. The van der Waals surface area contributed by atoms with Crippen molar-refractivity contribution in [2.24, 2.45) is 0 Å². The monoisotopic (exact) mass is 349 g/mol. The van der Waals surface area contributed by atoms with Crippen molar-refractivity contribution < 1.29 is 26.7 Å². The van der Waals surface area contributed by atoms with Crippen LogP contribution < -0.4 is 5.32 Å². The zero-order chi connectivity index (χ0) is 16.4. The molecule has 1 amide bonds. The molecule has 0 aliphatic carbocycles. The number of carbonyl (C=O) groups is 1. The van der Waals surface area contributed by atoms with Crippen LogP contribution in [0.3, 0.4) is 0 Å². The van der Waals surface area contributed by atoms with Crippen LogP contribution in [0.5, 0.6) is 0 Å². The minimum Gasteiger partial charge on any atom is -0.322 e. The Hall–Kier alpha value is -1.90. The molecule has 2 aromatic carbocycles. The van der Waals surface area contributed by atoms with Crippen molar-refractivity contribution in [1.82, 2.24) is 0 Å². The highest BCUT2D eigenvalue weighted by atomic mass is 35.5. The lowest BCUT2D eigenvalue weighted by Gasteiger charge is -2.08. The van der Waals surface area contributed by atoms with E-state index in [-0.39, 0.29) is 21.2 Å². The molecule has 2 N–H and O–H groups in total. The third kappa shape index (κ3) is 3.46. The quantitative estimate of drug-likeness (QED) is 0.657. The molecule has 0 aromatic heterocycles. The van der Waals surface area contributed by atoms with E-state index in [2.05, 4.69) is 5.32 Å². The van der Waals surface area contributed by atoms with Crippen molar-refractivity contribution in [2.75, 3.05) is 5.32 Å². The summed E-state index contributed by atoms with van der Waals surface area (Å²) in [4.78, 5) is 11.7. The van der Waals surface area contributed by atoms with Crippen LogP contribution in [0.15, 0.2) is 35.2 Å². The average molecular weight is 350 g/mol. The highest BCUT2D eigenvalue weighted by molar-refractivity contribution is 7.79. The predicted molar refractivity (Wildman–Crippen MR) is 74.8 cm³/mol. The van der Waals surface area contributed by atoms with Crippen LogP contribution in [0.25, 0.3) is 0 Å². The second-order valence-corrected chi connectivity index (χ2v) is 5.45. The Morgan fingerprint density at radius 1 is 1.14 bits per heavy atom. The minimum atomic E-state index is -2.41. The topological polar surface area (TPSA) is 66.4 Å². The van der Waals surface area contributed by atoms with Crippen LogP contribution in [0, 0.1) is 17.5 Å². The van der Waals surface area contributed by atoms with Gasteiger partial charge >= 0.3 is 0 Å². The summed E-state index contributed by atoms with van der Waals surface area (Å²) in [6, 6.07) is 4.76. The molecular formula is C13H7ClF3NO3S. The Morgan fingerprint density at radius 2 is 1.73 bits per heavy atom. The van der Waals surface area contributed by atoms with Crippen LogP contribution >= 0.6 is 11.6 Å². The maximum absolute atomic E-state index is 13.1. The third-order valence-corrected chi connectivity index (χ3v) is 3.78. The van der Waals surface area contributed by atoms with E-state index in [4.69, 9.17) is 16.2 Å². The van der Waals surface area contributed by atoms with E-state index >= 15 is 0 Å². The van der Waals surface area contributed by atoms with Crippen LogP contribution in [0.4, 0.5) is 18.9 Å². The molecule has 0 spiro atoms. The smallest absolute Gasteiger partial charge is 0.255 e. The second-order valence-electron chi connectivity index (χ2n) is 4.10. The van der Waals surface area contributed by atoms with E-state index in [1.807, 2.05) is 0 Å². The first-order valence-electron chi connectivity index (χ1n) is 5.66. The molecule has 116 valence electrons. The van der Waals surface area contributed by atoms with Crippen LogP contribution in [0.2, 0.25) is 5.02 Å². The normalized spacial score (nSPS) is 12.0. The van der Waals surface area contributed by atoms with Gasteiger partial charge in [-0.2, -0.15) is 0 Å². The van der Waals surface area contributed by atoms with Crippen molar-refractivity contribution in [3.63, 3.8) is 0 Å². The Balaban J connectivity index is 2.30. The van der Waals surface area contributed by atoms with Gasteiger partial charge in [-0.3, -0.25) is 4.79 Å². The van der Waals surface area contributed by atoms with Crippen molar-refractivity contribution in [3.8, 4) is 0 Å². The van der Waals surface area contributed by atoms with E-state index < -0.39 is 34.4 Å². The first-order chi connectivity index (χ1) is 10.3. The lowest BCUT2D eigenvalue weighted by atomic mass is 10.2. The number of nitrogens with one attached hydrogen (secondary N) is 1. The highest BCUT2D eigenvalue weighted by Gasteiger charge is 2.15. The number of hydrogen-bond acceptors (Lipinski definition) is 2. The largest absolute Gasteiger partial charge is 0.322 e. The van der Waals surface area contributed by atoms with Gasteiger partial charge in [0.15, 0.2) is 28.5 Å². The fourth-order valence-corrected chi connectivity index (χ4v) is 2.39. The van der Waals surface area contributed by atoms with Gasteiger partial charge in [-0.05, 0) is 18.2 Å². The van der Waals surface area contributed by atoms with Crippen LogP contribution in [-0.2, 0) is 11.1 Å². The molecule has 0 saturated carbocycles. The molecule has 0 aliphatic heterocycles. The van der Waals surface area contributed by atoms with Gasteiger partial charge in [0.2, 0.25) is 0 Å². The summed E-state index contributed by atoms with van der Waals surface area (Å²) in [7, 11) is 0. The summed E-state index contributed by atoms with van der Waals surface area (Å²) in [6.45, 7) is 0. The molecule has 22 heavy (non-hydrogen) atoms. The van der Waals surface area contributed by atoms with E-state index in [9.17, 15) is 22.2 Å². The van der Waals surface area contributed by atoms with E-state index in [1.165, 1.54) is 12.1 Å². The van der Waals surface area contributed by atoms with Crippen molar-refractivity contribution in [2.45, 2.75) is 4.90 Å². The molecule has 2 rings (SSSR count). The molecule has 4 nitrogen and oxygen atoms in total. The average Bonchev–Trinajstić information content (AvgIpc) is 2.44. The first-order valence-corrected chi connectivity index (χ1v) is 7.14. The molecule has 0 heterocycles. The molecular weight excluding hydrogens is 343 g/mol. The SMILES string of the molecule is O=C(Nc1cc(F)c(F)c(F)c1)c1ccc(Cl)c(S(=O)O)c1. The summed E-state index contributed by atoms with van der Waals surface area (Å²) in [5.41, 5.74) is -0.366. The number of benzene rings is 2. The number of anilines is 1. The maximum atomic E-state index is 13.1. The number of halogens is 4. The van der Waals surface area contributed by atoms with Crippen molar-refractivity contribution in [1.29, 1.82) is 0 Å². The summed E-state index contributed by atoms with van der Waals surface area (Å²) in [6.07, 6.45) is 0. The fraction of sp³-hybridized carbons (Fsp3) is 0. The molecule has 0 radical (unpaired) electrons. The van der Waals surface area contributed by atoms with Gasteiger partial charge in [0, 0.05) is 23.4 Å². The van der Waals surface area contributed by atoms with Crippen LogP contribution in [-0.4, -0.2) is 14.7 Å². The number of hydrogen-bond donors (Lipinski definition) is 2. The molecule has 1 unspecified atom stereocenters. The summed E-state index contributed by atoms with van der Waals surface area (Å²) in [5, 5.41) is 2.13. The minimum absolute atomic E-state index is 0.0174. The Bertz CT molecular complexity index is 762. The zero-order valence-corrected chi connectivity index (χ0v) is 12.1. The Labute approximate surface area is 130 Å². The highest BCUT2D eigenvalue weighted by Crippen LogP contribution is 2.22. The summed E-state index contributed by atoms with van der Waals surface area (Å²) >= 11 is 3.28. The van der Waals surface area contributed by atoms with Gasteiger partial charge in [-0.25, -0.2) is 17.4 Å². The molecule has 0 aliphatic rings. The zero-order valence-electron chi connectivity index (χ0n) is 10.6. The summed E-state index contributed by atoms with van der Waals surface area (Å²) in [5.74, 6) is -5.37. The van der Waals surface area contributed by atoms with Gasteiger partial charge in [-0.1, -0.05) is 11.6 Å². The molecule has 9 heteroatoms. The maximum Gasteiger partial charge on any atom is 0.255 e. The van der Waals surface area contributed by atoms with Crippen molar-refractivity contribution >= 4 is 34.3 Å². The molecule has 1 atom stereocenters. The molecule has 0 bridgehead atoms. The van der Waals surface area contributed by atoms with E-state index in [1.54, 1.807) is 0 Å². The van der Waals surface area contributed by atoms with E-state index in [0.717, 1.165) is 6.07 Å². The van der Waals surface area contributed by atoms with Gasteiger partial charge in [0.05, 0.1) is 9.92 Å². The van der Waals surface area contributed by atoms with Gasteiger partial charge < -0.3 is 9.87 Å². The fourth-order valence-electron chi connectivity index (χ4n) is 1.61. The summed E-state index contributed by atoms with van der Waals surface area (Å²) < 4.78 is 59.0. The predicted octanol–water partition coefficient (Wildman–Crippen LogP) is 3.59. The molecule has 2 aromatic rings. The number of carbonyl (C=O) groups excluding carboxylic acids is 1. The van der Waals surface area contributed by atoms with E-state index in [0.29, 0.717) is 12.1 Å². The first kappa shape index (κ1) is 16.5. The lowest BCUT2D eigenvalue weighted by molar-refractivity contribution is 0.102. The van der Waals surface area contributed by atoms with Gasteiger partial charge in [-0.15, -0.1) is 0 Å². The number of rotatable bonds is 3.